The molecule has 0 amide bonds. The van der Waals surface area contributed by atoms with Crippen LogP contribution in [0.15, 0.2) is 46.1 Å². The molecule has 0 saturated carbocycles. The van der Waals surface area contributed by atoms with Gasteiger partial charge in [0.1, 0.15) is 11.6 Å². The highest BCUT2D eigenvalue weighted by Crippen LogP contribution is 2.32. The summed E-state index contributed by atoms with van der Waals surface area (Å²) in [7, 11) is -0.746. The van der Waals surface area contributed by atoms with Gasteiger partial charge in [0.05, 0.1) is 24.2 Å². The van der Waals surface area contributed by atoms with Crippen molar-refractivity contribution >= 4 is 10.0 Å². The van der Waals surface area contributed by atoms with Crippen molar-refractivity contribution in [1.82, 2.24) is 19.4 Å². The second kappa shape index (κ2) is 8.07. The Kier molecular flexibility index (Phi) is 5.76. The largest absolute Gasteiger partial charge is 0.496 e. The number of nitrogens with zero attached hydrogens (tertiary/aromatic N) is 4. The van der Waals surface area contributed by atoms with Crippen molar-refractivity contribution in [2.45, 2.75) is 31.7 Å². The first-order chi connectivity index (χ1) is 13.3. The van der Waals surface area contributed by atoms with Crippen molar-refractivity contribution in [2.75, 3.05) is 14.2 Å². The van der Waals surface area contributed by atoms with Crippen LogP contribution in [0.4, 0.5) is 0 Å². The number of ether oxygens (including phenoxy) is 1. The molecular formula is C19H22N4O4S. The van der Waals surface area contributed by atoms with Gasteiger partial charge in [-0.25, -0.2) is 18.4 Å². The lowest BCUT2D eigenvalue weighted by molar-refractivity contribution is 0.340. The van der Waals surface area contributed by atoms with Gasteiger partial charge in [0.2, 0.25) is 10.0 Å². The van der Waals surface area contributed by atoms with E-state index in [4.69, 9.17) is 9.26 Å². The predicted octanol–water partition coefficient (Wildman–Crippen LogP) is 2.83. The summed E-state index contributed by atoms with van der Waals surface area (Å²) in [5.41, 5.74) is 2.24. The smallest absolute Gasteiger partial charge is 0.243 e. The minimum Gasteiger partial charge on any atom is -0.496 e. The molecule has 0 fully saturated rings. The van der Waals surface area contributed by atoms with Crippen molar-refractivity contribution in [1.29, 1.82) is 0 Å². The Morgan fingerprint density at radius 2 is 1.89 bits per heavy atom. The second-order valence-corrected chi connectivity index (χ2v) is 8.33. The van der Waals surface area contributed by atoms with Crippen LogP contribution in [0.5, 0.6) is 5.75 Å². The average Bonchev–Trinajstić information content (AvgIpc) is 3.15. The Morgan fingerprint density at radius 1 is 1.18 bits per heavy atom. The van der Waals surface area contributed by atoms with E-state index < -0.39 is 10.0 Å². The Hall–Kier alpha value is -2.78. The van der Waals surface area contributed by atoms with Crippen LogP contribution in [-0.2, 0) is 23.0 Å². The minimum absolute atomic E-state index is 0.0885. The van der Waals surface area contributed by atoms with Gasteiger partial charge >= 0.3 is 0 Å². The maximum absolute atomic E-state index is 13.0. The lowest BCUT2D eigenvalue weighted by Crippen LogP contribution is -2.26. The maximum atomic E-state index is 13.0. The molecule has 28 heavy (non-hydrogen) atoms. The summed E-state index contributed by atoms with van der Waals surface area (Å²) >= 11 is 0. The van der Waals surface area contributed by atoms with E-state index in [2.05, 4.69) is 15.1 Å². The molecule has 0 saturated heterocycles. The SMILES string of the molecule is CCc1cc(CN(C)S(=O)(=O)c2ccc(-c3cnc(C)nc3)c(OC)c2)on1. The monoisotopic (exact) mass is 402 g/mol. The molecule has 148 valence electrons. The van der Waals surface area contributed by atoms with Gasteiger partial charge in [0, 0.05) is 42.7 Å². The molecule has 0 aliphatic heterocycles. The molecule has 9 heteroatoms. The average molecular weight is 402 g/mol. The van der Waals surface area contributed by atoms with Crippen LogP contribution in [0, 0.1) is 6.92 Å². The molecule has 0 unspecified atom stereocenters. The van der Waals surface area contributed by atoms with E-state index in [-0.39, 0.29) is 11.4 Å². The fourth-order valence-electron chi connectivity index (χ4n) is 2.68. The predicted molar refractivity (Wildman–Crippen MR) is 103 cm³/mol. The molecule has 8 nitrogen and oxygen atoms in total. The molecule has 0 atom stereocenters. The Labute approximate surface area is 164 Å². The minimum atomic E-state index is -3.74. The quantitative estimate of drug-likeness (QED) is 0.599. The van der Waals surface area contributed by atoms with E-state index in [9.17, 15) is 8.42 Å². The van der Waals surface area contributed by atoms with Crippen molar-refractivity contribution < 1.29 is 17.7 Å². The number of benzene rings is 1. The molecule has 0 radical (unpaired) electrons. The van der Waals surface area contributed by atoms with E-state index in [0.717, 1.165) is 17.7 Å². The molecule has 0 N–H and O–H groups in total. The van der Waals surface area contributed by atoms with Crippen molar-refractivity contribution in [3.05, 3.63) is 53.9 Å². The zero-order chi connectivity index (χ0) is 20.3. The van der Waals surface area contributed by atoms with Gasteiger partial charge in [-0.2, -0.15) is 4.31 Å². The molecular weight excluding hydrogens is 380 g/mol. The number of methoxy groups -OCH3 is 1. The highest BCUT2D eigenvalue weighted by atomic mass is 32.2. The number of aromatic nitrogens is 3. The van der Waals surface area contributed by atoms with Gasteiger partial charge in [0.15, 0.2) is 5.76 Å². The van der Waals surface area contributed by atoms with Crippen molar-refractivity contribution in [3.8, 4) is 16.9 Å². The summed E-state index contributed by atoms with van der Waals surface area (Å²) in [4.78, 5) is 8.48. The van der Waals surface area contributed by atoms with Crippen LogP contribution in [0.1, 0.15) is 24.2 Å². The Morgan fingerprint density at radius 3 is 2.50 bits per heavy atom. The first-order valence-electron chi connectivity index (χ1n) is 8.73. The third-order valence-electron chi connectivity index (χ3n) is 4.32. The first-order valence-corrected chi connectivity index (χ1v) is 10.2. The Balaban J connectivity index is 1.89. The van der Waals surface area contributed by atoms with Crippen molar-refractivity contribution in [3.63, 3.8) is 0 Å². The molecule has 0 aliphatic carbocycles. The van der Waals surface area contributed by atoms with Gasteiger partial charge in [-0.1, -0.05) is 12.1 Å². The van der Waals surface area contributed by atoms with Crippen LogP contribution in [0.2, 0.25) is 0 Å². The number of sulfonamides is 1. The van der Waals surface area contributed by atoms with E-state index in [1.165, 1.54) is 24.5 Å². The standard InChI is InChI=1S/C19H22N4O4S/c1-5-15-8-16(27-22-15)12-23(3)28(24,25)17-6-7-18(19(9-17)26-4)14-10-20-13(2)21-11-14/h6-11H,5,12H2,1-4H3. The summed E-state index contributed by atoms with van der Waals surface area (Å²) in [5, 5.41) is 3.89. The van der Waals surface area contributed by atoms with Gasteiger partial charge in [-0.15, -0.1) is 0 Å². The van der Waals surface area contributed by atoms with E-state index >= 15 is 0 Å². The maximum Gasteiger partial charge on any atom is 0.243 e. The summed E-state index contributed by atoms with van der Waals surface area (Å²) < 4.78 is 37.7. The zero-order valence-electron chi connectivity index (χ0n) is 16.2. The van der Waals surface area contributed by atoms with Crippen LogP contribution in [-0.4, -0.2) is 42.0 Å². The molecule has 0 aliphatic rings. The van der Waals surface area contributed by atoms with E-state index in [0.29, 0.717) is 22.9 Å². The summed E-state index contributed by atoms with van der Waals surface area (Å²) in [6, 6.07) is 6.49. The molecule has 3 rings (SSSR count). The molecule has 2 aromatic heterocycles. The molecule has 1 aromatic carbocycles. The third kappa shape index (κ3) is 4.05. The van der Waals surface area contributed by atoms with Crippen molar-refractivity contribution in [2.24, 2.45) is 0 Å². The summed E-state index contributed by atoms with van der Waals surface area (Å²) in [6.45, 7) is 3.84. The summed E-state index contributed by atoms with van der Waals surface area (Å²) in [5.74, 6) is 1.57. The van der Waals surface area contributed by atoms with Crippen LogP contribution >= 0.6 is 0 Å². The lowest BCUT2D eigenvalue weighted by atomic mass is 10.1. The molecule has 3 aromatic rings. The third-order valence-corrected chi connectivity index (χ3v) is 6.12. The highest BCUT2D eigenvalue weighted by Gasteiger charge is 2.24. The number of hydrogen-bond donors (Lipinski definition) is 0. The fourth-order valence-corrected chi connectivity index (χ4v) is 3.84. The second-order valence-electron chi connectivity index (χ2n) is 6.28. The normalized spacial score (nSPS) is 11.8. The highest BCUT2D eigenvalue weighted by molar-refractivity contribution is 7.89. The molecule has 0 bridgehead atoms. The van der Waals surface area contributed by atoms with Gasteiger partial charge < -0.3 is 9.26 Å². The van der Waals surface area contributed by atoms with E-state index in [1.54, 1.807) is 37.5 Å². The van der Waals surface area contributed by atoms with Gasteiger partial charge in [-0.05, 0) is 25.5 Å². The topological polar surface area (TPSA) is 98.4 Å². The number of hydrogen-bond acceptors (Lipinski definition) is 7. The zero-order valence-corrected chi connectivity index (χ0v) is 17.0. The van der Waals surface area contributed by atoms with Crippen LogP contribution < -0.4 is 4.74 Å². The number of rotatable bonds is 7. The number of aryl methyl sites for hydroxylation is 2. The molecule has 2 heterocycles. The van der Waals surface area contributed by atoms with E-state index in [1.807, 2.05) is 6.92 Å². The Bertz CT molecular complexity index is 1060. The first kappa shape index (κ1) is 20.0. The lowest BCUT2D eigenvalue weighted by Gasteiger charge is -2.17. The van der Waals surface area contributed by atoms with Gasteiger partial charge in [-0.3, -0.25) is 0 Å². The van der Waals surface area contributed by atoms with Crippen LogP contribution in [0.25, 0.3) is 11.1 Å². The van der Waals surface area contributed by atoms with Gasteiger partial charge in [0.25, 0.3) is 0 Å². The molecule has 0 spiro atoms. The summed E-state index contributed by atoms with van der Waals surface area (Å²) in [6.07, 6.45) is 4.08. The fraction of sp³-hybridized carbons (Fsp3) is 0.316. The van der Waals surface area contributed by atoms with Crippen LogP contribution in [0.3, 0.4) is 0 Å².